The first-order valence-electron chi connectivity index (χ1n) is 11.7. The van der Waals surface area contributed by atoms with Crippen molar-refractivity contribution in [3.63, 3.8) is 0 Å². The van der Waals surface area contributed by atoms with E-state index in [1.165, 1.54) is 12.1 Å². The van der Waals surface area contributed by atoms with Crippen molar-refractivity contribution in [3.05, 3.63) is 66.1 Å². The van der Waals surface area contributed by atoms with Crippen LogP contribution in [0.5, 0.6) is 0 Å². The van der Waals surface area contributed by atoms with Crippen molar-refractivity contribution in [2.45, 2.75) is 26.1 Å². The molecule has 6 nitrogen and oxygen atoms in total. The Labute approximate surface area is 198 Å². The van der Waals surface area contributed by atoms with Gasteiger partial charge in [0.25, 0.3) is 0 Å². The second-order valence-electron chi connectivity index (χ2n) is 8.46. The molecule has 0 radical (unpaired) electrons. The molecule has 0 bridgehead atoms. The highest BCUT2D eigenvalue weighted by Crippen LogP contribution is 2.36. The van der Waals surface area contributed by atoms with Gasteiger partial charge in [-0.25, -0.2) is 4.98 Å². The zero-order chi connectivity index (χ0) is 24.0. The lowest BCUT2D eigenvalue weighted by molar-refractivity contribution is -0.137. The summed E-state index contributed by atoms with van der Waals surface area (Å²) in [5.41, 5.74) is -0.451. The zero-order valence-electron chi connectivity index (χ0n) is 19.3. The van der Waals surface area contributed by atoms with Gasteiger partial charge in [-0.2, -0.15) is 13.2 Å². The van der Waals surface area contributed by atoms with E-state index in [1.54, 1.807) is 12.1 Å². The Balaban J connectivity index is 1.26. The maximum Gasteiger partial charge on any atom is 0.417 e. The number of nitrogens with zero attached hydrogens (tertiary/aromatic N) is 5. The van der Waals surface area contributed by atoms with Crippen molar-refractivity contribution in [1.82, 2.24) is 19.9 Å². The van der Waals surface area contributed by atoms with Gasteiger partial charge in [0.05, 0.1) is 12.1 Å². The number of alkyl halides is 3. The Hall–Kier alpha value is -2.91. The molecular formula is C25H30F3N5O. The number of halogens is 3. The highest BCUT2D eigenvalue weighted by Gasteiger charge is 2.34. The van der Waals surface area contributed by atoms with Crippen LogP contribution in [0, 0.1) is 0 Å². The van der Waals surface area contributed by atoms with E-state index >= 15 is 0 Å². The van der Waals surface area contributed by atoms with Crippen molar-refractivity contribution in [2.75, 3.05) is 50.7 Å². The van der Waals surface area contributed by atoms with Crippen molar-refractivity contribution in [3.8, 4) is 11.3 Å². The van der Waals surface area contributed by atoms with Crippen LogP contribution in [0.2, 0.25) is 0 Å². The van der Waals surface area contributed by atoms with Gasteiger partial charge < -0.3 is 9.42 Å². The van der Waals surface area contributed by atoms with Crippen LogP contribution in [-0.4, -0.2) is 65.8 Å². The van der Waals surface area contributed by atoms with Crippen LogP contribution >= 0.6 is 0 Å². The first-order valence-corrected chi connectivity index (χ1v) is 11.7. The average Bonchev–Trinajstić information content (AvgIpc) is 3.32. The molecule has 1 saturated heterocycles. The molecule has 0 spiro atoms. The fourth-order valence-electron chi connectivity index (χ4n) is 4.30. The van der Waals surface area contributed by atoms with Gasteiger partial charge in [-0.15, -0.1) is 0 Å². The molecule has 0 saturated carbocycles. The van der Waals surface area contributed by atoms with Crippen LogP contribution in [0.15, 0.2) is 59.3 Å². The average molecular weight is 474 g/mol. The Morgan fingerprint density at radius 2 is 1.79 bits per heavy atom. The number of piperazine rings is 1. The molecule has 0 amide bonds. The number of hydrogen-bond donors (Lipinski definition) is 0. The minimum atomic E-state index is -4.44. The molecule has 3 aromatic rings. The third-order valence-electron chi connectivity index (χ3n) is 6.19. The lowest BCUT2D eigenvalue weighted by Gasteiger charge is -2.35. The summed E-state index contributed by atoms with van der Waals surface area (Å²) in [5.74, 6) is 1.60. The quantitative estimate of drug-likeness (QED) is 0.446. The molecule has 3 heterocycles. The molecular weight excluding hydrogens is 443 g/mol. The fraction of sp³-hybridized carbons (Fsp3) is 0.440. The predicted molar refractivity (Wildman–Crippen MR) is 125 cm³/mol. The van der Waals surface area contributed by atoms with Gasteiger partial charge >= 0.3 is 6.18 Å². The lowest BCUT2D eigenvalue weighted by atomic mass is 10.0. The molecule has 34 heavy (non-hydrogen) atoms. The van der Waals surface area contributed by atoms with Gasteiger partial charge in [0, 0.05) is 44.0 Å². The molecule has 1 aliphatic rings. The molecule has 9 heteroatoms. The Morgan fingerprint density at radius 3 is 2.50 bits per heavy atom. The highest BCUT2D eigenvalue weighted by molar-refractivity contribution is 5.64. The van der Waals surface area contributed by atoms with Crippen molar-refractivity contribution < 1.29 is 17.7 Å². The van der Waals surface area contributed by atoms with Crippen LogP contribution in [-0.2, 0) is 12.7 Å². The van der Waals surface area contributed by atoms with E-state index in [9.17, 15) is 13.2 Å². The third kappa shape index (κ3) is 6.15. The molecule has 4 rings (SSSR count). The van der Waals surface area contributed by atoms with E-state index in [1.807, 2.05) is 24.4 Å². The molecule has 0 unspecified atom stereocenters. The standard InChI is InChI=1S/C25H30F3N5O/c1-2-31(12-7-13-32-14-16-33(17-15-32)24-10-5-6-11-29-24)19-20-18-23(30-34-20)21-8-3-4-9-22(21)25(26,27)28/h3-6,8-11,18H,2,7,12-17,19H2,1H3. The molecule has 1 aromatic carbocycles. The number of benzene rings is 1. The van der Waals surface area contributed by atoms with Crippen LogP contribution in [0.4, 0.5) is 19.0 Å². The van der Waals surface area contributed by atoms with Crippen LogP contribution in [0.3, 0.4) is 0 Å². The van der Waals surface area contributed by atoms with E-state index in [2.05, 4.69) is 31.8 Å². The Morgan fingerprint density at radius 1 is 1.03 bits per heavy atom. The van der Waals surface area contributed by atoms with Crippen molar-refractivity contribution in [2.24, 2.45) is 0 Å². The maximum absolute atomic E-state index is 13.3. The molecule has 2 aromatic heterocycles. The summed E-state index contributed by atoms with van der Waals surface area (Å²) < 4.78 is 45.4. The molecule has 0 atom stereocenters. The van der Waals surface area contributed by atoms with Gasteiger partial charge in [-0.05, 0) is 44.3 Å². The number of hydrogen-bond acceptors (Lipinski definition) is 6. The molecule has 0 aliphatic carbocycles. The molecule has 1 aliphatic heterocycles. The molecule has 1 fully saturated rings. The topological polar surface area (TPSA) is 48.6 Å². The number of anilines is 1. The van der Waals surface area contributed by atoms with Crippen LogP contribution in [0.1, 0.15) is 24.7 Å². The lowest BCUT2D eigenvalue weighted by Crippen LogP contribution is -2.47. The summed E-state index contributed by atoms with van der Waals surface area (Å²) in [5, 5.41) is 3.91. The summed E-state index contributed by atoms with van der Waals surface area (Å²) in [4.78, 5) is 11.4. The van der Waals surface area contributed by atoms with Crippen LogP contribution in [0.25, 0.3) is 11.3 Å². The predicted octanol–water partition coefficient (Wildman–Crippen LogP) is 4.79. The largest absolute Gasteiger partial charge is 0.417 e. The minimum absolute atomic E-state index is 0.0397. The summed E-state index contributed by atoms with van der Waals surface area (Å²) >= 11 is 0. The maximum atomic E-state index is 13.3. The molecule has 182 valence electrons. The van der Waals surface area contributed by atoms with E-state index in [0.29, 0.717) is 12.3 Å². The summed E-state index contributed by atoms with van der Waals surface area (Å²) in [7, 11) is 0. The second kappa shape index (κ2) is 11.0. The monoisotopic (exact) mass is 473 g/mol. The van der Waals surface area contributed by atoms with Crippen LogP contribution < -0.4 is 4.90 Å². The van der Waals surface area contributed by atoms with Gasteiger partial charge in [-0.1, -0.05) is 36.3 Å². The Bertz CT molecular complexity index is 1030. The summed E-state index contributed by atoms with van der Waals surface area (Å²) in [6, 6.07) is 13.1. The van der Waals surface area contributed by atoms with Crippen molar-refractivity contribution >= 4 is 5.82 Å². The zero-order valence-corrected chi connectivity index (χ0v) is 19.3. The summed E-state index contributed by atoms with van der Waals surface area (Å²) in [6.07, 6.45) is -1.60. The number of rotatable bonds is 9. The smallest absolute Gasteiger partial charge is 0.359 e. The SMILES string of the molecule is CCN(CCCN1CCN(c2ccccn2)CC1)Cc1cc(-c2ccccc2C(F)(F)F)no1. The van der Waals surface area contributed by atoms with Gasteiger partial charge in [0.1, 0.15) is 11.5 Å². The van der Waals surface area contributed by atoms with E-state index in [0.717, 1.165) is 64.1 Å². The normalized spacial score (nSPS) is 15.3. The van der Waals surface area contributed by atoms with E-state index in [4.69, 9.17) is 4.52 Å². The summed E-state index contributed by atoms with van der Waals surface area (Å²) in [6.45, 7) is 9.25. The highest BCUT2D eigenvalue weighted by atomic mass is 19.4. The molecule has 0 N–H and O–H groups in total. The Kier molecular flexibility index (Phi) is 7.84. The van der Waals surface area contributed by atoms with E-state index < -0.39 is 11.7 Å². The van der Waals surface area contributed by atoms with Crippen molar-refractivity contribution in [1.29, 1.82) is 0 Å². The minimum Gasteiger partial charge on any atom is -0.359 e. The number of aromatic nitrogens is 2. The fourth-order valence-corrected chi connectivity index (χ4v) is 4.30. The second-order valence-corrected chi connectivity index (χ2v) is 8.46. The first kappa shape index (κ1) is 24.2. The van der Waals surface area contributed by atoms with E-state index in [-0.39, 0.29) is 11.3 Å². The van der Waals surface area contributed by atoms with Gasteiger partial charge in [0.2, 0.25) is 0 Å². The number of pyridine rings is 1. The third-order valence-corrected chi connectivity index (χ3v) is 6.19. The van der Waals surface area contributed by atoms with Gasteiger partial charge in [-0.3, -0.25) is 9.80 Å². The van der Waals surface area contributed by atoms with Gasteiger partial charge in [0.15, 0.2) is 5.76 Å². The first-order chi connectivity index (χ1) is 16.4.